The fourth-order valence-electron chi connectivity index (χ4n) is 4.02. The van der Waals surface area contributed by atoms with Crippen molar-refractivity contribution in [1.82, 2.24) is 5.32 Å². The topological polar surface area (TPSA) is 124 Å². The molecule has 1 atom stereocenters. The van der Waals surface area contributed by atoms with Gasteiger partial charge in [0.05, 0.1) is 0 Å². The van der Waals surface area contributed by atoms with Gasteiger partial charge in [0.2, 0.25) is 0 Å². The summed E-state index contributed by atoms with van der Waals surface area (Å²) in [6.07, 6.45) is -1.61. The molecule has 0 heterocycles. The number of nitrogens with one attached hydrogen (secondary N) is 1. The molecule has 0 bridgehead atoms. The predicted molar refractivity (Wildman–Crippen MR) is 179 cm³/mol. The number of halogens is 2. The van der Waals surface area contributed by atoms with Crippen molar-refractivity contribution < 1.29 is 38.1 Å². The molecule has 254 valence electrons. The second-order valence-corrected chi connectivity index (χ2v) is 13.1. The van der Waals surface area contributed by atoms with Gasteiger partial charge in [-0.2, -0.15) is 0 Å². The normalized spacial score (nSPS) is 12.0. The van der Waals surface area contributed by atoms with Gasteiger partial charge in [-0.3, -0.25) is 9.69 Å². The van der Waals surface area contributed by atoms with Gasteiger partial charge in [-0.1, -0.05) is 12.1 Å². The first-order valence-electron chi connectivity index (χ1n) is 14.9. The first kappa shape index (κ1) is 38.5. The number of amides is 2. The van der Waals surface area contributed by atoms with Crippen LogP contribution in [0.1, 0.15) is 59.9 Å². The second kappa shape index (κ2) is 17.9. The molecule has 0 aliphatic rings. The molecule has 0 aliphatic heterocycles. The van der Waals surface area contributed by atoms with Crippen LogP contribution in [0.3, 0.4) is 0 Å². The maximum atomic E-state index is 12.7. The molecular formula is C33H45Cl2N3O8. The Hall–Kier alpha value is -3.70. The number of carbonyl (C=O) groups is 4. The molecule has 1 N–H and O–H groups in total. The number of esters is 2. The van der Waals surface area contributed by atoms with Crippen LogP contribution in [0.2, 0.25) is 0 Å². The van der Waals surface area contributed by atoms with E-state index >= 15 is 0 Å². The van der Waals surface area contributed by atoms with Crippen molar-refractivity contribution in [2.45, 2.75) is 78.2 Å². The van der Waals surface area contributed by atoms with E-state index in [-0.39, 0.29) is 25.2 Å². The largest absolute Gasteiger partial charge is 0.460 e. The highest BCUT2D eigenvalue weighted by Gasteiger charge is 2.29. The van der Waals surface area contributed by atoms with E-state index in [1.807, 2.05) is 24.3 Å². The Kier molecular flexibility index (Phi) is 14.9. The molecule has 0 aromatic heterocycles. The van der Waals surface area contributed by atoms with Gasteiger partial charge in [-0.25, -0.2) is 14.4 Å². The van der Waals surface area contributed by atoms with Crippen molar-refractivity contribution >= 4 is 58.7 Å². The smallest absolute Gasteiger partial charge is 0.414 e. The third-order valence-electron chi connectivity index (χ3n) is 6.12. The molecule has 0 saturated carbocycles. The zero-order chi connectivity index (χ0) is 34.5. The summed E-state index contributed by atoms with van der Waals surface area (Å²) in [6.45, 7) is 11.6. The third-order valence-corrected chi connectivity index (χ3v) is 6.46. The molecule has 0 saturated heterocycles. The summed E-state index contributed by atoms with van der Waals surface area (Å²) in [5, 5.41) is 2.48. The zero-order valence-corrected chi connectivity index (χ0v) is 29.1. The first-order valence-corrected chi connectivity index (χ1v) is 16.0. The summed E-state index contributed by atoms with van der Waals surface area (Å²) in [7, 11) is 1.61. The van der Waals surface area contributed by atoms with Crippen LogP contribution in [0.5, 0.6) is 5.75 Å². The van der Waals surface area contributed by atoms with Crippen LogP contribution in [-0.4, -0.2) is 73.3 Å². The maximum Gasteiger partial charge on any atom is 0.414 e. The van der Waals surface area contributed by atoms with Crippen LogP contribution in [0.15, 0.2) is 48.5 Å². The first-order chi connectivity index (χ1) is 21.5. The Morgan fingerprint density at radius 1 is 0.804 bits per heavy atom. The minimum Gasteiger partial charge on any atom is -0.460 e. The van der Waals surface area contributed by atoms with Crippen molar-refractivity contribution in [3.63, 3.8) is 0 Å². The monoisotopic (exact) mass is 681 g/mol. The molecule has 0 fully saturated rings. The predicted octanol–water partition coefficient (Wildman–Crippen LogP) is 6.66. The number of anilines is 2. The van der Waals surface area contributed by atoms with E-state index in [2.05, 4.69) is 10.2 Å². The van der Waals surface area contributed by atoms with Crippen molar-refractivity contribution in [2.75, 3.05) is 41.7 Å². The standard InChI is InChI=1S/C33H45Cl2N3O8/c1-32(2,3)45-28(39)17-16-27(29(40)46-33(4,5)6)36-30(41)44-26-14-8-23(9-15-26)22-43-31(42)37(7)24-10-12-25(13-11-24)38(20-18-34)21-19-35/h8-15,27H,16-22H2,1-7H3,(H,36,41)/t27-/m0/s1. The summed E-state index contributed by atoms with van der Waals surface area (Å²) in [5.74, 6) is -0.0825. The van der Waals surface area contributed by atoms with Crippen molar-refractivity contribution in [1.29, 1.82) is 0 Å². The van der Waals surface area contributed by atoms with Crippen LogP contribution in [-0.2, 0) is 30.4 Å². The van der Waals surface area contributed by atoms with Gasteiger partial charge in [0, 0.05) is 49.7 Å². The number of carbonyl (C=O) groups excluding carboxylic acids is 4. The summed E-state index contributed by atoms with van der Waals surface area (Å²) < 4.78 is 21.5. The maximum absolute atomic E-state index is 12.7. The lowest BCUT2D eigenvalue weighted by Crippen LogP contribution is -2.45. The Labute approximate surface area is 281 Å². The minimum absolute atomic E-state index is 0.0155. The molecule has 0 aliphatic carbocycles. The molecule has 0 radical (unpaired) electrons. The lowest BCUT2D eigenvalue weighted by atomic mass is 10.1. The van der Waals surface area contributed by atoms with E-state index in [4.69, 9.17) is 42.1 Å². The molecule has 0 spiro atoms. The number of hydrogen-bond acceptors (Lipinski definition) is 9. The molecule has 11 nitrogen and oxygen atoms in total. The lowest BCUT2D eigenvalue weighted by molar-refractivity contribution is -0.158. The average Bonchev–Trinajstić information content (AvgIpc) is 2.96. The molecule has 13 heteroatoms. The Morgan fingerprint density at radius 2 is 1.35 bits per heavy atom. The second-order valence-electron chi connectivity index (χ2n) is 12.4. The van der Waals surface area contributed by atoms with E-state index in [1.54, 1.807) is 60.7 Å². The van der Waals surface area contributed by atoms with E-state index in [1.165, 1.54) is 17.0 Å². The van der Waals surface area contributed by atoms with Gasteiger partial charge < -0.3 is 29.2 Å². The summed E-state index contributed by atoms with van der Waals surface area (Å²) in [4.78, 5) is 53.7. The van der Waals surface area contributed by atoms with Crippen LogP contribution in [0, 0.1) is 0 Å². The Morgan fingerprint density at radius 3 is 1.87 bits per heavy atom. The summed E-state index contributed by atoms with van der Waals surface area (Å²) in [6, 6.07) is 12.6. The van der Waals surface area contributed by atoms with E-state index in [0.717, 1.165) is 5.69 Å². The number of ether oxygens (including phenoxy) is 4. The highest BCUT2D eigenvalue weighted by molar-refractivity contribution is 6.18. The number of rotatable bonds is 14. The van der Waals surface area contributed by atoms with Crippen molar-refractivity contribution in [3.8, 4) is 5.75 Å². The van der Waals surface area contributed by atoms with Gasteiger partial charge in [0.1, 0.15) is 29.6 Å². The average molecular weight is 683 g/mol. The summed E-state index contributed by atoms with van der Waals surface area (Å²) >= 11 is 11.8. The highest BCUT2D eigenvalue weighted by Crippen LogP contribution is 2.22. The number of alkyl halides is 2. The number of hydrogen-bond donors (Lipinski definition) is 1. The number of benzene rings is 2. The fourth-order valence-corrected chi connectivity index (χ4v) is 4.43. The Bertz CT molecular complexity index is 1290. The van der Waals surface area contributed by atoms with Crippen LogP contribution >= 0.6 is 23.2 Å². The van der Waals surface area contributed by atoms with Crippen molar-refractivity contribution in [3.05, 3.63) is 54.1 Å². The van der Waals surface area contributed by atoms with Crippen LogP contribution < -0.4 is 19.9 Å². The van der Waals surface area contributed by atoms with Crippen LogP contribution in [0.25, 0.3) is 0 Å². The SMILES string of the molecule is CN(C(=O)OCc1ccc(OC(=O)N[C@@H](CCC(=O)OC(C)(C)C)C(=O)OC(C)(C)C)cc1)c1ccc(N(CCCl)CCCl)cc1. The van der Waals surface area contributed by atoms with E-state index in [0.29, 0.717) is 36.1 Å². The van der Waals surface area contributed by atoms with Crippen molar-refractivity contribution in [2.24, 2.45) is 0 Å². The quantitative estimate of drug-likeness (QED) is 0.132. The molecule has 2 aromatic carbocycles. The highest BCUT2D eigenvalue weighted by atomic mass is 35.5. The fraction of sp³-hybridized carbons (Fsp3) is 0.515. The molecule has 2 amide bonds. The zero-order valence-electron chi connectivity index (χ0n) is 27.6. The molecule has 2 rings (SSSR count). The van der Waals surface area contributed by atoms with Crippen LogP contribution in [0.4, 0.5) is 21.0 Å². The molecular weight excluding hydrogens is 637 g/mol. The number of nitrogens with zero attached hydrogens (tertiary/aromatic N) is 2. The molecule has 0 unspecified atom stereocenters. The van der Waals surface area contributed by atoms with E-state index in [9.17, 15) is 19.2 Å². The molecule has 46 heavy (non-hydrogen) atoms. The molecule has 2 aromatic rings. The summed E-state index contributed by atoms with van der Waals surface area (Å²) in [5.41, 5.74) is 0.767. The van der Waals surface area contributed by atoms with Gasteiger partial charge in [0.15, 0.2) is 0 Å². The van der Waals surface area contributed by atoms with Gasteiger partial charge >= 0.3 is 24.1 Å². The van der Waals surface area contributed by atoms with Gasteiger partial charge in [-0.05, 0) is 89.9 Å². The van der Waals surface area contributed by atoms with E-state index < -0.39 is 41.4 Å². The lowest BCUT2D eigenvalue weighted by Gasteiger charge is -2.25. The van der Waals surface area contributed by atoms with Gasteiger partial charge in [0.25, 0.3) is 0 Å². The minimum atomic E-state index is -1.14. The third kappa shape index (κ3) is 14.2. The van der Waals surface area contributed by atoms with Gasteiger partial charge in [-0.15, -0.1) is 23.2 Å². The Balaban J connectivity index is 1.94.